The fourth-order valence-corrected chi connectivity index (χ4v) is 3.62. The third-order valence-electron chi connectivity index (χ3n) is 5.09. The SMILES string of the molecule is Cc1ccn2c(CN3CCNCC3)c(-c3ccc(CCO)cc3)nc2c1. The summed E-state index contributed by atoms with van der Waals surface area (Å²) in [6.45, 7) is 7.40. The van der Waals surface area contributed by atoms with Crippen molar-refractivity contribution in [2.45, 2.75) is 19.9 Å². The van der Waals surface area contributed by atoms with Gasteiger partial charge in [0.1, 0.15) is 5.65 Å². The fourth-order valence-electron chi connectivity index (χ4n) is 3.62. The number of hydrogen-bond acceptors (Lipinski definition) is 4. The van der Waals surface area contributed by atoms with Crippen LogP contribution >= 0.6 is 0 Å². The number of aryl methyl sites for hydroxylation is 1. The molecule has 136 valence electrons. The summed E-state index contributed by atoms with van der Waals surface area (Å²) in [6, 6.07) is 12.7. The second-order valence-electron chi connectivity index (χ2n) is 7.04. The number of aliphatic hydroxyl groups is 1. The van der Waals surface area contributed by atoms with Crippen molar-refractivity contribution >= 4 is 5.65 Å². The predicted molar refractivity (Wildman–Crippen MR) is 104 cm³/mol. The molecule has 1 aliphatic heterocycles. The molecule has 5 heteroatoms. The number of pyridine rings is 1. The van der Waals surface area contributed by atoms with E-state index in [0.29, 0.717) is 6.42 Å². The van der Waals surface area contributed by atoms with E-state index in [0.717, 1.165) is 55.2 Å². The van der Waals surface area contributed by atoms with E-state index in [-0.39, 0.29) is 6.61 Å². The maximum Gasteiger partial charge on any atom is 0.137 e. The van der Waals surface area contributed by atoms with Crippen molar-refractivity contribution < 1.29 is 5.11 Å². The molecule has 0 unspecified atom stereocenters. The summed E-state index contributed by atoms with van der Waals surface area (Å²) in [5, 5.41) is 12.5. The lowest BCUT2D eigenvalue weighted by Gasteiger charge is -2.27. The minimum atomic E-state index is 0.182. The van der Waals surface area contributed by atoms with Gasteiger partial charge in [0.2, 0.25) is 0 Å². The number of nitrogens with one attached hydrogen (secondary N) is 1. The smallest absolute Gasteiger partial charge is 0.137 e. The molecular formula is C21H26N4O. The van der Waals surface area contributed by atoms with Crippen molar-refractivity contribution in [2.75, 3.05) is 32.8 Å². The van der Waals surface area contributed by atoms with Crippen LogP contribution in [0.3, 0.4) is 0 Å². The molecule has 0 saturated carbocycles. The van der Waals surface area contributed by atoms with E-state index in [2.05, 4.69) is 64.1 Å². The molecule has 4 rings (SSSR count). The van der Waals surface area contributed by atoms with Crippen molar-refractivity contribution in [3.05, 3.63) is 59.4 Å². The minimum Gasteiger partial charge on any atom is -0.396 e. The van der Waals surface area contributed by atoms with E-state index in [9.17, 15) is 0 Å². The van der Waals surface area contributed by atoms with Gasteiger partial charge in [0.25, 0.3) is 0 Å². The summed E-state index contributed by atoms with van der Waals surface area (Å²) in [4.78, 5) is 7.45. The zero-order valence-electron chi connectivity index (χ0n) is 15.3. The lowest BCUT2D eigenvalue weighted by molar-refractivity contribution is 0.230. The Morgan fingerprint density at radius 2 is 1.88 bits per heavy atom. The van der Waals surface area contributed by atoms with Crippen LogP contribution in [0.15, 0.2) is 42.6 Å². The third-order valence-corrected chi connectivity index (χ3v) is 5.09. The topological polar surface area (TPSA) is 52.8 Å². The Morgan fingerprint density at radius 1 is 1.12 bits per heavy atom. The molecule has 0 amide bonds. The Bertz CT molecular complexity index is 879. The van der Waals surface area contributed by atoms with Crippen LogP contribution in [0.25, 0.3) is 16.9 Å². The molecule has 5 nitrogen and oxygen atoms in total. The first-order valence-electron chi connectivity index (χ1n) is 9.35. The van der Waals surface area contributed by atoms with E-state index >= 15 is 0 Å². The summed E-state index contributed by atoms with van der Waals surface area (Å²) in [7, 11) is 0. The quantitative estimate of drug-likeness (QED) is 0.741. The molecule has 3 aromatic rings. The molecule has 26 heavy (non-hydrogen) atoms. The van der Waals surface area contributed by atoms with E-state index in [1.54, 1.807) is 0 Å². The molecule has 1 fully saturated rings. The number of piperazine rings is 1. The number of rotatable bonds is 5. The average Bonchev–Trinajstić information content (AvgIpc) is 3.01. The summed E-state index contributed by atoms with van der Waals surface area (Å²) in [6.07, 6.45) is 2.83. The Kier molecular flexibility index (Phi) is 5.02. The number of aliphatic hydroxyl groups excluding tert-OH is 1. The molecule has 0 atom stereocenters. The Morgan fingerprint density at radius 3 is 2.62 bits per heavy atom. The summed E-state index contributed by atoms with van der Waals surface area (Å²) in [5.74, 6) is 0. The summed E-state index contributed by atoms with van der Waals surface area (Å²) < 4.78 is 2.23. The zero-order valence-corrected chi connectivity index (χ0v) is 15.3. The Labute approximate surface area is 154 Å². The van der Waals surface area contributed by atoms with E-state index in [4.69, 9.17) is 10.1 Å². The molecule has 3 heterocycles. The first-order chi connectivity index (χ1) is 12.7. The number of aromatic nitrogens is 2. The monoisotopic (exact) mass is 350 g/mol. The maximum absolute atomic E-state index is 9.13. The molecular weight excluding hydrogens is 324 g/mol. The highest BCUT2D eigenvalue weighted by atomic mass is 16.2. The second kappa shape index (κ2) is 7.58. The van der Waals surface area contributed by atoms with Crippen LogP contribution in [0.5, 0.6) is 0 Å². The van der Waals surface area contributed by atoms with Crippen LogP contribution in [0, 0.1) is 6.92 Å². The third kappa shape index (κ3) is 3.51. The van der Waals surface area contributed by atoms with Gasteiger partial charge in [-0.25, -0.2) is 4.98 Å². The molecule has 0 bridgehead atoms. The average molecular weight is 350 g/mol. The van der Waals surface area contributed by atoms with Crippen molar-refractivity contribution in [1.29, 1.82) is 0 Å². The minimum absolute atomic E-state index is 0.182. The highest BCUT2D eigenvalue weighted by Crippen LogP contribution is 2.26. The van der Waals surface area contributed by atoms with Gasteiger partial charge in [-0.05, 0) is 36.6 Å². The fraction of sp³-hybridized carbons (Fsp3) is 0.381. The van der Waals surface area contributed by atoms with Gasteiger partial charge in [0, 0.05) is 51.1 Å². The van der Waals surface area contributed by atoms with Crippen molar-refractivity contribution in [2.24, 2.45) is 0 Å². The first-order valence-corrected chi connectivity index (χ1v) is 9.35. The van der Waals surface area contributed by atoms with Crippen LogP contribution in [0.1, 0.15) is 16.8 Å². The molecule has 2 aromatic heterocycles. The normalized spacial score (nSPS) is 15.6. The molecule has 0 radical (unpaired) electrons. The van der Waals surface area contributed by atoms with Gasteiger partial charge in [-0.1, -0.05) is 24.3 Å². The molecule has 1 saturated heterocycles. The maximum atomic E-state index is 9.13. The number of hydrogen-bond donors (Lipinski definition) is 2. The zero-order chi connectivity index (χ0) is 17.9. The van der Waals surface area contributed by atoms with Crippen LogP contribution in [-0.2, 0) is 13.0 Å². The van der Waals surface area contributed by atoms with Crippen LogP contribution < -0.4 is 5.32 Å². The number of benzene rings is 1. The van der Waals surface area contributed by atoms with E-state index in [1.807, 2.05) is 0 Å². The van der Waals surface area contributed by atoms with E-state index in [1.165, 1.54) is 11.3 Å². The molecule has 1 aliphatic rings. The standard InChI is InChI=1S/C21H26N4O/c1-16-6-10-25-19(15-24-11-8-22-9-12-24)21(23-20(25)14-16)18-4-2-17(3-5-18)7-13-26/h2-6,10,14,22,26H,7-9,11-13,15H2,1H3. The largest absolute Gasteiger partial charge is 0.396 e. The van der Waals surface area contributed by atoms with Crippen LogP contribution in [-0.4, -0.2) is 52.2 Å². The van der Waals surface area contributed by atoms with Gasteiger partial charge in [-0.2, -0.15) is 0 Å². The number of fused-ring (bicyclic) bond motifs is 1. The molecule has 2 N–H and O–H groups in total. The van der Waals surface area contributed by atoms with Crippen molar-refractivity contribution in [1.82, 2.24) is 19.6 Å². The van der Waals surface area contributed by atoms with Gasteiger partial charge < -0.3 is 14.8 Å². The van der Waals surface area contributed by atoms with Gasteiger partial charge in [0.05, 0.1) is 11.4 Å². The second-order valence-corrected chi connectivity index (χ2v) is 7.04. The number of nitrogens with zero attached hydrogens (tertiary/aromatic N) is 3. The van der Waals surface area contributed by atoms with Crippen molar-refractivity contribution in [3.8, 4) is 11.3 Å². The molecule has 1 aromatic carbocycles. The summed E-state index contributed by atoms with van der Waals surface area (Å²) >= 11 is 0. The van der Waals surface area contributed by atoms with Gasteiger partial charge >= 0.3 is 0 Å². The van der Waals surface area contributed by atoms with Gasteiger partial charge in [-0.3, -0.25) is 4.90 Å². The van der Waals surface area contributed by atoms with Gasteiger partial charge in [0.15, 0.2) is 0 Å². The number of imidazole rings is 1. The van der Waals surface area contributed by atoms with Crippen LogP contribution in [0.2, 0.25) is 0 Å². The van der Waals surface area contributed by atoms with Crippen LogP contribution in [0.4, 0.5) is 0 Å². The Hall–Kier alpha value is -2.21. The summed E-state index contributed by atoms with van der Waals surface area (Å²) in [5.41, 5.74) is 6.82. The molecule has 0 spiro atoms. The molecule has 0 aliphatic carbocycles. The van der Waals surface area contributed by atoms with E-state index < -0.39 is 0 Å². The lowest BCUT2D eigenvalue weighted by Crippen LogP contribution is -2.43. The highest BCUT2D eigenvalue weighted by molar-refractivity contribution is 5.67. The Balaban J connectivity index is 1.75. The first kappa shape index (κ1) is 17.2. The predicted octanol–water partition coefficient (Wildman–Crippen LogP) is 2.25. The van der Waals surface area contributed by atoms with Gasteiger partial charge in [-0.15, -0.1) is 0 Å². The highest BCUT2D eigenvalue weighted by Gasteiger charge is 2.18. The lowest BCUT2D eigenvalue weighted by atomic mass is 10.1. The van der Waals surface area contributed by atoms with Crippen molar-refractivity contribution in [3.63, 3.8) is 0 Å².